The van der Waals surface area contributed by atoms with E-state index in [0.29, 0.717) is 5.56 Å². The van der Waals surface area contributed by atoms with Crippen molar-refractivity contribution in [3.63, 3.8) is 0 Å². The average Bonchev–Trinajstić information content (AvgIpc) is 3.99. The van der Waals surface area contributed by atoms with Gasteiger partial charge >= 0.3 is 0 Å². The molecule has 3 nitrogen and oxygen atoms in total. The van der Waals surface area contributed by atoms with E-state index in [1.165, 1.54) is 33.2 Å². The molecule has 0 unspecified atom stereocenters. The Morgan fingerprint density at radius 2 is 1.05 bits per heavy atom. The summed E-state index contributed by atoms with van der Waals surface area (Å²) in [6.07, 6.45) is 0. The second-order valence-electron chi connectivity index (χ2n) is 17.2. The summed E-state index contributed by atoms with van der Waals surface area (Å²) in [4.78, 5) is 2.22. The molecule has 0 bridgehead atoms. The summed E-state index contributed by atoms with van der Waals surface area (Å²) >= 11 is 0. The fraction of sp³-hybridized carbons (Fsp3) is 0.0492. The maximum atomic E-state index is 9.46. The summed E-state index contributed by atoms with van der Waals surface area (Å²) in [6.45, 7) is 4.58. The van der Waals surface area contributed by atoms with Crippen molar-refractivity contribution in [1.82, 2.24) is 4.57 Å². The van der Waals surface area contributed by atoms with Crippen molar-refractivity contribution < 1.29 is 7.16 Å². The first kappa shape index (κ1) is 35.5. The molecule has 1 aliphatic carbocycles. The Bertz CT molecular complexity index is 3660. The van der Waals surface area contributed by atoms with E-state index in [2.05, 4.69) is 169 Å². The van der Waals surface area contributed by atoms with Gasteiger partial charge in [-0.15, -0.1) is 0 Å². The van der Waals surface area contributed by atoms with Gasteiger partial charge in [0.25, 0.3) is 0 Å². The van der Waals surface area contributed by atoms with Crippen LogP contribution in [0.25, 0.3) is 84.1 Å². The fourth-order valence-electron chi connectivity index (χ4n) is 9.92. The van der Waals surface area contributed by atoms with Gasteiger partial charge in [-0.05, 0) is 117 Å². The molecule has 0 spiro atoms. The first-order valence-corrected chi connectivity index (χ1v) is 21.9. The molecule has 2 aromatic heterocycles. The second kappa shape index (κ2) is 15.0. The highest BCUT2D eigenvalue weighted by atomic mass is 16.3. The van der Waals surface area contributed by atoms with E-state index < -0.39 is 0 Å². The van der Waals surface area contributed by atoms with Crippen LogP contribution in [-0.2, 0) is 5.41 Å². The van der Waals surface area contributed by atoms with Gasteiger partial charge in [0.05, 0.1) is 14.0 Å². The number of furan rings is 1. The van der Waals surface area contributed by atoms with E-state index in [-0.39, 0.29) is 17.5 Å². The maximum absolute atomic E-state index is 9.46. The van der Waals surface area contributed by atoms with Gasteiger partial charge in [-0.3, -0.25) is 0 Å². The van der Waals surface area contributed by atoms with E-state index in [4.69, 9.17) is 4.42 Å². The Balaban J connectivity index is 0.941. The quantitative estimate of drug-likeness (QED) is 0.142. The summed E-state index contributed by atoms with van der Waals surface area (Å²) in [5.74, 6) is 0. The summed E-state index contributed by atoms with van der Waals surface area (Å²) in [5, 5.41) is 3.32. The monoisotopic (exact) mass is 822 g/mol. The molecule has 3 heteroatoms. The van der Waals surface area contributed by atoms with Crippen molar-refractivity contribution in [3.05, 3.63) is 241 Å². The number of benzene rings is 9. The lowest BCUT2D eigenvalue weighted by Gasteiger charge is -2.25. The number of para-hydroxylation sites is 3. The van der Waals surface area contributed by atoms with E-state index in [0.717, 1.165) is 72.6 Å². The van der Waals surface area contributed by atoms with Gasteiger partial charge in [0.2, 0.25) is 0 Å². The van der Waals surface area contributed by atoms with Crippen LogP contribution in [0.1, 0.15) is 38.8 Å². The number of anilines is 3. The zero-order chi connectivity index (χ0) is 44.5. The molecule has 1 aliphatic rings. The molecule has 0 saturated carbocycles. The van der Waals surface area contributed by atoms with Crippen LogP contribution in [0, 0.1) is 0 Å². The standard InChI is InChI=1S/C61H44N2O/c1-61(2)54-37-42(28-27-41-29-32-47(33-30-41)62(45-21-11-5-12-22-45)48-34-36-58-52(38-48)50-25-15-16-26-57(50)64-58)31-35-49(54)51-39-53-56(40-55(51)61)63(46-23-13-6-14-24-46)60(44-19-9-4-10-20-44)59(53)43-17-7-3-8-18-43/h3-40H,1-2H3/b28-27+/i27D,28D. The van der Waals surface area contributed by atoms with E-state index >= 15 is 0 Å². The molecule has 0 atom stereocenters. The maximum Gasteiger partial charge on any atom is 0.135 e. The molecule has 0 radical (unpaired) electrons. The largest absolute Gasteiger partial charge is 0.456 e. The van der Waals surface area contributed by atoms with Crippen LogP contribution in [-0.4, -0.2) is 4.57 Å². The smallest absolute Gasteiger partial charge is 0.135 e. The lowest BCUT2D eigenvalue weighted by atomic mass is 9.81. The molecule has 9 aromatic carbocycles. The van der Waals surface area contributed by atoms with Crippen LogP contribution >= 0.6 is 0 Å². The Labute approximate surface area is 376 Å². The van der Waals surface area contributed by atoms with Crippen molar-refractivity contribution >= 4 is 62.0 Å². The number of fused-ring (bicyclic) bond motifs is 7. The summed E-state index contributed by atoms with van der Waals surface area (Å²) < 4.78 is 27.4. The molecule has 11 aromatic rings. The zero-order valence-electron chi connectivity index (χ0n) is 37.6. The molecule has 64 heavy (non-hydrogen) atoms. The van der Waals surface area contributed by atoms with Gasteiger partial charge in [-0.2, -0.15) is 0 Å². The van der Waals surface area contributed by atoms with Gasteiger partial charge < -0.3 is 13.9 Å². The Kier molecular flexibility index (Phi) is 8.33. The first-order valence-electron chi connectivity index (χ1n) is 22.9. The molecule has 0 amide bonds. The second-order valence-corrected chi connectivity index (χ2v) is 17.2. The van der Waals surface area contributed by atoms with Crippen LogP contribution in [0.2, 0.25) is 0 Å². The number of hydrogen-bond donors (Lipinski definition) is 0. The SMILES string of the molecule is [2H]/C(=C(/[2H])c1ccc2c(c1)C(C)(C)c1cc3c(cc1-2)c(-c1ccccc1)c(-c1ccccc1)n3-c1ccccc1)c1ccc(N(c2ccccc2)c2ccc3oc4ccccc4c3c2)cc1. The molecular weight excluding hydrogens is 777 g/mol. The number of hydrogen-bond acceptors (Lipinski definition) is 2. The van der Waals surface area contributed by atoms with Gasteiger partial charge in [0.1, 0.15) is 11.2 Å². The van der Waals surface area contributed by atoms with Crippen LogP contribution in [0.5, 0.6) is 0 Å². The summed E-state index contributed by atoms with van der Waals surface area (Å²) in [5.41, 5.74) is 17.5. The third-order valence-electron chi connectivity index (χ3n) is 13.0. The van der Waals surface area contributed by atoms with Gasteiger partial charge in [-0.1, -0.05) is 172 Å². The first-order chi connectivity index (χ1) is 32.3. The molecule has 12 rings (SSSR count). The van der Waals surface area contributed by atoms with Crippen LogP contribution in [0.4, 0.5) is 17.1 Å². The predicted octanol–water partition coefficient (Wildman–Crippen LogP) is 16.8. The van der Waals surface area contributed by atoms with Crippen molar-refractivity contribution in [1.29, 1.82) is 0 Å². The minimum Gasteiger partial charge on any atom is -0.456 e. The van der Waals surface area contributed by atoms with Crippen molar-refractivity contribution in [2.75, 3.05) is 4.90 Å². The van der Waals surface area contributed by atoms with Crippen LogP contribution in [0.15, 0.2) is 223 Å². The number of nitrogens with zero attached hydrogens (tertiary/aromatic N) is 2. The molecule has 0 aliphatic heterocycles. The predicted molar refractivity (Wildman–Crippen MR) is 269 cm³/mol. The molecule has 0 saturated heterocycles. The normalized spacial score (nSPS) is 13.7. The molecule has 304 valence electrons. The van der Waals surface area contributed by atoms with E-state index in [1.54, 1.807) is 0 Å². The minimum absolute atomic E-state index is 0.177. The fourth-order valence-corrected chi connectivity index (χ4v) is 9.92. The van der Waals surface area contributed by atoms with Crippen LogP contribution in [0.3, 0.4) is 0 Å². The van der Waals surface area contributed by atoms with Gasteiger partial charge in [-0.25, -0.2) is 0 Å². The molecular formula is C61H44N2O. The lowest BCUT2D eigenvalue weighted by Crippen LogP contribution is -2.15. The highest BCUT2D eigenvalue weighted by molar-refractivity contribution is 6.09. The highest BCUT2D eigenvalue weighted by Gasteiger charge is 2.37. The van der Waals surface area contributed by atoms with Crippen molar-refractivity contribution in [2.24, 2.45) is 0 Å². The molecule has 0 N–H and O–H groups in total. The Hall–Kier alpha value is -8.14. The van der Waals surface area contributed by atoms with E-state index in [1.807, 2.05) is 72.8 Å². The number of rotatable bonds is 8. The van der Waals surface area contributed by atoms with E-state index in [9.17, 15) is 2.74 Å². The molecule has 0 fully saturated rings. The third-order valence-corrected chi connectivity index (χ3v) is 13.0. The highest BCUT2D eigenvalue weighted by Crippen LogP contribution is 2.53. The lowest BCUT2D eigenvalue weighted by molar-refractivity contribution is 0.661. The van der Waals surface area contributed by atoms with Gasteiger partial charge in [0, 0.05) is 49.9 Å². The Morgan fingerprint density at radius 1 is 0.469 bits per heavy atom. The zero-order valence-corrected chi connectivity index (χ0v) is 35.6. The Morgan fingerprint density at radius 3 is 1.80 bits per heavy atom. The minimum atomic E-state index is -0.364. The summed E-state index contributed by atoms with van der Waals surface area (Å²) in [7, 11) is 0. The average molecular weight is 823 g/mol. The van der Waals surface area contributed by atoms with Crippen LogP contribution < -0.4 is 4.90 Å². The molecule has 2 heterocycles. The third kappa shape index (κ3) is 6.20. The van der Waals surface area contributed by atoms with Gasteiger partial charge in [0.15, 0.2) is 0 Å². The summed E-state index contributed by atoms with van der Waals surface area (Å²) in [6, 6.07) is 76.4. The van der Waals surface area contributed by atoms with Crippen molar-refractivity contribution in [3.8, 4) is 39.2 Å². The number of aromatic nitrogens is 1. The topological polar surface area (TPSA) is 21.3 Å². The van der Waals surface area contributed by atoms with Crippen molar-refractivity contribution in [2.45, 2.75) is 19.3 Å².